The van der Waals surface area contributed by atoms with Gasteiger partial charge in [-0.15, -0.1) is 0 Å². The van der Waals surface area contributed by atoms with Crippen LogP contribution in [-0.2, 0) is 18.0 Å². The number of fused-ring (bicyclic) bond motifs is 3. The molecule has 3 N–H and O–H groups in total. The van der Waals surface area contributed by atoms with Gasteiger partial charge in [-0.25, -0.2) is 4.98 Å². The highest BCUT2D eigenvalue weighted by atomic mass is 16.5. The standard InChI is InChI=1S/C23H23N3O4/c1-29-14-18-21-17-11-16(30-13-15-5-3-2-4-6-15)7-8-19(17)26-20(21)12-25-22(18)23(28)24-9-10-27/h2-8,11-12,26-27H,9-10,13-14H2,1H3,(H,24,28). The minimum atomic E-state index is -0.344. The molecule has 30 heavy (non-hydrogen) atoms. The van der Waals surface area contributed by atoms with Crippen LogP contribution in [0.4, 0.5) is 0 Å². The van der Waals surface area contributed by atoms with E-state index in [0.29, 0.717) is 12.2 Å². The van der Waals surface area contributed by atoms with Crippen LogP contribution in [0.5, 0.6) is 5.75 Å². The first-order valence-corrected chi connectivity index (χ1v) is 9.69. The number of aromatic nitrogens is 2. The lowest BCUT2D eigenvalue weighted by Crippen LogP contribution is -2.28. The Bertz CT molecular complexity index is 1170. The Morgan fingerprint density at radius 3 is 2.73 bits per heavy atom. The van der Waals surface area contributed by atoms with Crippen molar-refractivity contribution in [1.29, 1.82) is 0 Å². The molecule has 2 aromatic heterocycles. The van der Waals surface area contributed by atoms with E-state index < -0.39 is 0 Å². The number of hydrogen-bond acceptors (Lipinski definition) is 5. The second-order valence-corrected chi connectivity index (χ2v) is 6.89. The van der Waals surface area contributed by atoms with E-state index in [2.05, 4.69) is 15.3 Å². The number of carbonyl (C=O) groups excluding carboxylic acids is 1. The number of aromatic amines is 1. The predicted molar refractivity (Wildman–Crippen MR) is 115 cm³/mol. The summed E-state index contributed by atoms with van der Waals surface area (Å²) in [4.78, 5) is 20.2. The van der Waals surface area contributed by atoms with Gasteiger partial charge in [-0.3, -0.25) is 4.79 Å². The zero-order chi connectivity index (χ0) is 20.9. The van der Waals surface area contributed by atoms with Gasteiger partial charge in [0, 0.05) is 35.5 Å². The van der Waals surface area contributed by atoms with Gasteiger partial charge in [0.05, 0.1) is 24.9 Å². The molecule has 0 fully saturated rings. The fraction of sp³-hybridized carbons (Fsp3) is 0.217. The van der Waals surface area contributed by atoms with E-state index in [4.69, 9.17) is 14.6 Å². The third-order valence-electron chi connectivity index (χ3n) is 4.86. The van der Waals surface area contributed by atoms with Crippen LogP contribution in [0.3, 0.4) is 0 Å². The molecular weight excluding hydrogens is 382 g/mol. The molecule has 1 amide bonds. The molecule has 2 heterocycles. The normalized spacial score (nSPS) is 11.1. The summed E-state index contributed by atoms with van der Waals surface area (Å²) in [5, 5.41) is 13.5. The molecule has 0 bridgehead atoms. The molecule has 0 radical (unpaired) electrons. The third-order valence-corrected chi connectivity index (χ3v) is 4.86. The predicted octanol–water partition coefficient (Wildman–Crippen LogP) is 3.16. The minimum absolute atomic E-state index is 0.136. The third kappa shape index (κ3) is 3.98. The average Bonchev–Trinajstić information content (AvgIpc) is 3.15. The van der Waals surface area contributed by atoms with Crippen LogP contribution in [0.1, 0.15) is 21.6 Å². The number of methoxy groups -OCH3 is 1. The van der Waals surface area contributed by atoms with Gasteiger partial charge in [0.1, 0.15) is 18.1 Å². The van der Waals surface area contributed by atoms with E-state index in [0.717, 1.165) is 33.1 Å². The Labute approximate surface area is 173 Å². The quantitative estimate of drug-likeness (QED) is 0.418. The van der Waals surface area contributed by atoms with Crippen LogP contribution in [0, 0.1) is 0 Å². The van der Waals surface area contributed by atoms with E-state index in [1.54, 1.807) is 13.3 Å². The van der Waals surface area contributed by atoms with Gasteiger partial charge in [0.25, 0.3) is 5.91 Å². The maximum absolute atomic E-state index is 12.6. The summed E-state index contributed by atoms with van der Waals surface area (Å²) in [7, 11) is 1.58. The number of benzene rings is 2. The Morgan fingerprint density at radius 1 is 1.13 bits per heavy atom. The highest BCUT2D eigenvalue weighted by molar-refractivity contribution is 6.11. The molecule has 0 aliphatic heterocycles. The number of carbonyl (C=O) groups is 1. The SMILES string of the molecule is COCc1c(C(=O)NCCO)ncc2[nH]c3ccc(OCc4ccccc4)cc3c12. The molecule has 4 rings (SSSR count). The molecule has 0 atom stereocenters. The number of aliphatic hydroxyl groups excluding tert-OH is 1. The summed E-state index contributed by atoms with van der Waals surface area (Å²) < 4.78 is 11.4. The van der Waals surface area contributed by atoms with Gasteiger partial charge in [0.15, 0.2) is 0 Å². The zero-order valence-corrected chi connectivity index (χ0v) is 16.6. The van der Waals surface area contributed by atoms with Gasteiger partial charge < -0.3 is 24.9 Å². The van der Waals surface area contributed by atoms with Crippen molar-refractivity contribution in [3.8, 4) is 5.75 Å². The van der Waals surface area contributed by atoms with Crippen molar-refractivity contribution in [1.82, 2.24) is 15.3 Å². The summed E-state index contributed by atoms with van der Waals surface area (Å²) in [5.74, 6) is 0.391. The number of H-pyrrole nitrogens is 1. The number of nitrogens with one attached hydrogen (secondary N) is 2. The second kappa shape index (κ2) is 8.94. The summed E-state index contributed by atoms with van der Waals surface area (Å²) in [5.41, 5.74) is 3.80. The molecule has 4 aromatic rings. The van der Waals surface area contributed by atoms with Crippen molar-refractivity contribution in [2.75, 3.05) is 20.3 Å². The molecule has 0 saturated heterocycles. The van der Waals surface area contributed by atoms with Crippen LogP contribution >= 0.6 is 0 Å². The van der Waals surface area contributed by atoms with E-state index in [-0.39, 0.29) is 31.4 Å². The molecule has 2 aromatic carbocycles. The minimum Gasteiger partial charge on any atom is -0.489 e. The van der Waals surface area contributed by atoms with E-state index in [9.17, 15) is 4.79 Å². The van der Waals surface area contributed by atoms with Crippen molar-refractivity contribution < 1.29 is 19.4 Å². The lowest BCUT2D eigenvalue weighted by molar-refractivity contribution is 0.0935. The fourth-order valence-electron chi connectivity index (χ4n) is 3.50. The Hall–Kier alpha value is -3.42. The first-order valence-electron chi connectivity index (χ1n) is 9.69. The fourth-order valence-corrected chi connectivity index (χ4v) is 3.50. The highest BCUT2D eigenvalue weighted by Crippen LogP contribution is 2.32. The van der Waals surface area contributed by atoms with Crippen molar-refractivity contribution in [2.45, 2.75) is 13.2 Å². The first-order chi connectivity index (χ1) is 14.7. The molecule has 0 spiro atoms. The Balaban J connectivity index is 1.75. The zero-order valence-electron chi connectivity index (χ0n) is 16.6. The summed E-state index contributed by atoms with van der Waals surface area (Å²) in [6.45, 7) is 0.726. The number of pyridine rings is 1. The molecule has 0 aliphatic carbocycles. The number of aliphatic hydroxyl groups is 1. The summed E-state index contributed by atoms with van der Waals surface area (Å²) >= 11 is 0. The number of amides is 1. The van der Waals surface area contributed by atoms with Crippen molar-refractivity contribution in [3.63, 3.8) is 0 Å². The Kier molecular flexibility index (Phi) is 5.92. The van der Waals surface area contributed by atoms with Crippen molar-refractivity contribution in [3.05, 3.63) is 71.5 Å². The largest absolute Gasteiger partial charge is 0.489 e. The second-order valence-electron chi connectivity index (χ2n) is 6.89. The molecule has 7 heteroatoms. The van der Waals surface area contributed by atoms with E-state index >= 15 is 0 Å². The van der Waals surface area contributed by atoms with Crippen LogP contribution in [0.15, 0.2) is 54.7 Å². The number of rotatable bonds is 8. The molecule has 0 unspecified atom stereocenters. The Morgan fingerprint density at radius 2 is 1.97 bits per heavy atom. The molecular formula is C23H23N3O4. The van der Waals surface area contributed by atoms with Crippen LogP contribution in [-0.4, -0.2) is 41.2 Å². The first kappa shape index (κ1) is 19.9. The van der Waals surface area contributed by atoms with Crippen molar-refractivity contribution >= 4 is 27.7 Å². The maximum atomic E-state index is 12.6. The number of ether oxygens (including phenoxy) is 2. The van der Waals surface area contributed by atoms with Crippen LogP contribution in [0.25, 0.3) is 21.8 Å². The van der Waals surface area contributed by atoms with Gasteiger partial charge in [-0.05, 0) is 23.8 Å². The monoisotopic (exact) mass is 405 g/mol. The summed E-state index contributed by atoms with van der Waals surface area (Å²) in [6.07, 6.45) is 1.65. The van der Waals surface area contributed by atoms with Gasteiger partial charge in [-0.1, -0.05) is 30.3 Å². The van der Waals surface area contributed by atoms with Gasteiger partial charge in [0.2, 0.25) is 0 Å². The van der Waals surface area contributed by atoms with E-state index in [1.807, 2.05) is 48.5 Å². The summed E-state index contributed by atoms with van der Waals surface area (Å²) in [6, 6.07) is 15.8. The molecule has 0 aliphatic rings. The molecule has 0 saturated carbocycles. The van der Waals surface area contributed by atoms with E-state index in [1.165, 1.54) is 0 Å². The number of hydrogen-bond donors (Lipinski definition) is 3. The lowest BCUT2D eigenvalue weighted by atomic mass is 10.1. The molecule has 154 valence electrons. The maximum Gasteiger partial charge on any atom is 0.270 e. The van der Waals surface area contributed by atoms with Crippen LogP contribution in [0.2, 0.25) is 0 Å². The number of nitrogens with zero attached hydrogens (tertiary/aromatic N) is 1. The molecule has 7 nitrogen and oxygen atoms in total. The van der Waals surface area contributed by atoms with Crippen molar-refractivity contribution in [2.24, 2.45) is 0 Å². The topological polar surface area (TPSA) is 96.5 Å². The van der Waals surface area contributed by atoms with Crippen LogP contribution < -0.4 is 10.1 Å². The highest BCUT2D eigenvalue weighted by Gasteiger charge is 2.19. The smallest absolute Gasteiger partial charge is 0.270 e. The van der Waals surface area contributed by atoms with Gasteiger partial charge >= 0.3 is 0 Å². The lowest BCUT2D eigenvalue weighted by Gasteiger charge is -2.10. The van der Waals surface area contributed by atoms with Gasteiger partial charge in [-0.2, -0.15) is 0 Å². The average molecular weight is 405 g/mol.